The Labute approximate surface area is 119 Å². The highest BCUT2D eigenvalue weighted by Gasteiger charge is 2.34. The zero-order valence-electron chi connectivity index (χ0n) is 10.6. The molecule has 3 N–H and O–H groups in total. The second kappa shape index (κ2) is 5.47. The van der Waals surface area contributed by atoms with Crippen molar-refractivity contribution in [3.8, 4) is 0 Å². The van der Waals surface area contributed by atoms with Crippen LogP contribution in [-0.4, -0.2) is 13.3 Å². The number of pyridine rings is 1. The fraction of sp³-hybridized carbons (Fsp3) is 0.182. The van der Waals surface area contributed by atoms with E-state index >= 15 is 0 Å². The van der Waals surface area contributed by atoms with Crippen molar-refractivity contribution in [1.82, 2.24) is 9.40 Å². The molecule has 0 bridgehead atoms. The lowest BCUT2D eigenvalue weighted by molar-refractivity contribution is -0.143. The quantitative estimate of drug-likeness (QED) is 0.592. The number of hydrogen-bond acceptors (Lipinski definition) is 3. The summed E-state index contributed by atoms with van der Waals surface area (Å²) in [6.45, 7) is 0. The van der Waals surface area contributed by atoms with Crippen LogP contribution in [0.3, 0.4) is 0 Å². The Morgan fingerprint density at radius 1 is 1.29 bits per heavy atom. The van der Waals surface area contributed by atoms with E-state index in [1.807, 2.05) is 4.83 Å². The van der Waals surface area contributed by atoms with E-state index < -0.39 is 28.6 Å². The Balaban J connectivity index is 2.62. The van der Waals surface area contributed by atoms with E-state index in [2.05, 4.69) is 5.43 Å². The Morgan fingerprint density at radius 2 is 1.95 bits per heavy atom. The van der Waals surface area contributed by atoms with E-state index in [0.29, 0.717) is 6.07 Å². The van der Waals surface area contributed by atoms with Crippen molar-refractivity contribution in [3.05, 3.63) is 40.2 Å². The number of benzene rings is 1. The van der Waals surface area contributed by atoms with Gasteiger partial charge in [0.05, 0.1) is 11.2 Å². The van der Waals surface area contributed by atoms with Crippen molar-refractivity contribution < 1.29 is 21.9 Å². The van der Waals surface area contributed by atoms with Gasteiger partial charge in [0.1, 0.15) is 5.69 Å². The zero-order valence-corrected chi connectivity index (χ0v) is 11.4. The largest absolute Gasteiger partial charge is 0.431 e. The number of anilines is 1. The molecular formula is C11H10F3N3O3S. The molecule has 1 unspecified atom stereocenters. The minimum atomic E-state index is -4.66. The maximum atomic E-state index is 12.9. The smallest absolute Gasteiger partial charge is 0.340 e. The summed E-state index contributed by atoms with van der Waals surface area (Å²) >= 11 is -2.34. The van der Waals surface area contributed by atoms with Gasteiger partial charge in [0.25, 0.3) is 0 Å². The second-order valence-electron chi connectivity index (χ2n) is 4.16. The van der Waals surface area contributed by atoms with Crippen molar-refractivity contribution in [1.29, 1.82) is 0 Å². The summed E-state index contributed by atoms with van der Waals surface area (Å²) in [4.78, 5) is 13.7. The molecule has 6 nitrogen and oxygen atoms in total. The molecule has 0 amide bonds. The Bertz CT molecular complexity index is 773. The third-order valence-corrected chi connectivity index (χ3v) is 3.10. The molecule has 0 spiro atoms. The predicted octanol–water partition coefficient (Wildman–Crippen LogP) is 1.61. The first-order chi connectivity index (χ1) is 9.70. The van der Waals surface area contributed by atoms with E-state index in [1.165, 1.54) is 25.2 Å². The average Bonchev–Trinajstić information content (AvgIpc) is 2.39. The summed E-state index contributed by atoms with van der Waals surface area (Å²) in [5.41, 5.74) is 0.804. The van der Waals surface area contributed by atoms with Crippen LogP contribution in [0.5, 0.6) is 0 Å². The summed E-state index contributed by atoms with van der Waals surface area (Å²) in [6, 6.07) is 4.54. The first kappa shape index (κ1) is 15.5. The monoisotopic (exact) mass is 321 g/mol. The lowest BCUT2D eigenvalue weighted by atomic mass is 10.1. The number of fused-ring (bicyclic) bond motifs is 1. The molecule has 0 radical (unpaired) electrons. The van der Waals surface area contributed by atoms with Crippen molar-refractivity contribution in [2.24, 2.45) is 7.05 Å². The molecule has 0 aliphatic rings. The molecule has 1 heterocycles. The van der Waals surface area contributed by atoms with Crippen molar-refractivity contribution in [3.63, 3.8) is 0 Å². The molecule has 0 aliphatic carbocycles. The first-order valence-electron chi connectivity index (χ1n) is 5.53. The molecule has 2 aromatic rings. The van der Waals surface area contributed by atoms with E-state index in [-0.39, 0.29) is 16.6 Å². The van der Waals surface area contributed by atoms with Gasteiger partial charge in [-0.25, -0.2) is 4.21 Å². The third-order valence-electron chi connectivity index (χ3n) is 2.83. The zero-order chi connectivity index (χ0) is 15.8. The molecule has 1 aromatic carbocycles. The molecule has 0 saturated carbocycles. The van der Waals surface area contributed by atoms with Gasteiger partial charge < -0.3 is 9.99 Å². The van der Waals surface area contributed by atoms with Crippen LogP contribution < -0.4 is 15.7 Å². The topological polar surface area (TPSA) is 83.4 Å². The average molecular weight is 321 g/mol. The van der Waals surface area contributed by atoms with Gasteiger partial charge in [0, 0.05) is 18.5 Å². The van der Waals surface area contributed by atoms with E-state index in [4.69, 9.17) is 4.55 Å². The number of rotatable bonds is 3. The van der Waals surface area contributed by atoms with Crippen LogP contribution in [0.4, 0.5) is 18.9 Å². The fourth-order valence-electron chi connectivity index (χ4n) is 1.90. The number of alkyl halides is 3. The summed E-state index contributed by atoms with van der Waals surface area (Å²) in [5.74, 6) is 0. The van der Waals surface area contributed by atoms with E-state index in [9.17, 15) is 22.2 Å². The fourth-order valence-corrected chi connectivity index (χ4v) is 2.10. The van der Waals surface area contributed by atoms with Gasteiger partial charge >= 0.3 is 6.18 Å². The minimum absolute atomic E-state index is 0.0466. The Hall–Kier alpha value is -1.91. The molecule has 1 aromatic heterocycles. The van der Waals surface area contributed by atoms with Crippen molar-refractivity contribution in [2.75, 3.05) is 5.43 Å². The molecule has 2 rings (SSSR count). The standard InChI is InChI=1S/C11H10F3N3O3S/c1-17-8-4-6(15-16-21(19)20)2-3-7(8)9(18)5-10(17)11(12,13)14/h2-5,15-16H,1H3,(H,19,20). The normalized spacial score (nSPS) is 13.4. The lowest BCUT2D eigenvalue weighted by Gasteiger charge is -2.15. The van der Waals surface area contributed by atoms with Gasteiger partial charge in [-0.05, 0) is 18.2 Å². The maximum Gasteiger partial charge on any atom is 0.431 e. The number of hydrazine groups is 1. The van der Waals surface area contributed by atoms with Gasteiger partial charge in [0.15, 0.2) is 5.43 Å². The van der Waals surface area contributed by atoms with Crippen LogP contribution in [-0.2, 0) is 24.5 Å². The number of nitrogens with one attached hydrogen (secondary N) is 2. The highest BCUT2D eigenvalue weighted by molar-refractivity contribution is 7.77. The van der Waals surface area contributed by atoms with E-state index in [1.54, 1.807) is 0 Å². The van der Waals surface area contributed by atoms with Gasteiger partial charge in [-0.15, -0.1) is 4.83 Å². The summed E-state index contributed by atoms with van der Waals surface area (Å²) in [7, 11) is 1.19. The highest BCUT2D eigenvalue weighted by atomic mass is 32.2. The van der Waals surface area contributed by atoms with Crippen molar-refractivity contribution in [2.45, 2.75) is 6.18 Å². The van der Waals surface area contributed by atoms with Gasteiger partial charge in [-0.1, -0.05) is 0 Å². The summed E-state index contributed by atoms with van der Waals surface area (Å²) in [5, 5.41) is 0.112. The van der Waals surface area contributed by atoms with Crippen LogP contribution in [0.1, 0.15) is 5.69 Å². The van der Waals surface area contributed by atoms with Gasteiger partial charge in [-0.3, -0.25) is 9.35 Å². The maximum absolute atomic E-state index is 12.9. The van der Waals surface area contributed by atoms with Crippen LogP contribution in [0.25, 0.3) is 10.9 Å². The summed E-state index contributed by atoms with van der Waals surface area (Å²) < 4.78 is 58.4. The number of halogens is 3. The second-order valence-corrected chi connectivity index (χ2v) is 4.86. The lowest BCUT2D eigenvalue weighted by Crippen LogP contribution is -2.23. The molecule has 114 valence electrons. The Morgan fingerprint density at radius 3 is 2.52 bits per heavy atom. The van der Waals surface area contributed by atoms with Crippen LogP contribution in [0.2, 0.25) is 0 Å². The molecule has 1 atom stereocenters. The number of aromatic nitrogens is 1. The number of hydrogen-bond donors (Lipinski definition) is 3. The van der Waals surface area contributed by atoms with Gasteiger partial charge in [-0.2, -0.15) is 13.2 Å². The molecule has 0 fully saturated rings. The molecule has 21 heavy (non-hydrogen) atoms. The van der Waals surface area contributed by atoms with Gasteiger partial charge in [0.2, 0.25) is 11.3 Å². The predicted molar refractivity (Wildman–Crippen MR) is 71.7 cm³/mol. The summed E-state index contributed by atoms with van der Waals surface area (Å²) in [6.07, 6.45) is -4.66. The number of aryl methyl sites for hydroxylation is 1. The highest BCUT2D eigenvalue weighted by Crippen LogP contribution is 2.30. The van der Waals surface area contributed by atoms with E-state index in [0.717, 1.165) is 4.57 Å². The van der Waals surface area contributed by atoms with Crippen molar-refractivity contribution >= 4 is 27.9 Å². The Kier molecular flexibility index (Phi) is 4.03. The minimum Gasteiger partial charge on any atom is -0.340 e. The number of nitrogens with zero attached hydrogens (tertiary/aromatic N) is 1. The molecule has 10 heteroatoms. The third kappa shape index (κ3) is 3.23. The molecule has 0 saturated heterocycles. The van der Waals surface area contributed by atoms with Crippen LogP contribution >= 0.6 is 0 Å². The molecule has 0 aliphatic heterocycles. The first-order valence-corrected chi connectivity index (χ1v) is 6.64. The van der Waals surface area contributed by atoms with Crippen LogP contribution in [0.15, 0.2) is 29.1 Å². The SMILES string of the molecule is Cn1c(C(F)(F)F)cc(=O)c2ccc(NNS(=O)O)cc21. The molecular weight excluding hydrogens is 311 g/mol. The van der Waals surface area contributed by atoms with Crippen LogP contribution in [0, 0.1) is 0 Å².